The number of nitrogens with zero attached hydrogens (tertiary/aromatic N) is 2. The van der Waals surface area contributed by atoms with Gasteiger partial charge < -0.3 is 15.9 Å². The molecule has 0 aliphatic rings. The molecule has 0 saturated carbocycles. The third-order valence-electron chi connectivity index (χ3n) is 2.90. The molecule has 102 valence electrons. The second kappa shape index (κ2) is 5.31. The molecule has 2 atom stereocenters. The standard InChI is InChI=1S/C11H14N4O4/c12-4-3-9(16)11(17)10-7-2-1-6(15(18)19)5-8(7)13-14-10/h1-2,5,9,11,16-17H,3-4,12H2,(H,13,14). The Morgan fingerprint density at radius 2 is 2.21 bits per heavy atom. The number of benzene rings is 1. The second-order valence-electron chi connectivity index (χ2n) is 4.19. The monoisotopic (exact) mass is 266 g/mol. The van der Waals surface area contributed by atoms with Gasteiger partial charge in [-0.25, -0.2) is 0 Å². The lowest BCUT2D eigenvalue weighted by Crippen LogP contribution is -2.22. The van der Waals surface area contributed by atoms with E-state index in [4.69, 9.17) is 5.73 Å². The predicted molar refractivity (Wildman–Crippen MR) is 67.4 cm³/mol. The number of hydrogen-bond acceptors (Lipinski definition) is 6. The van der Waals surface area contributed by atoms with E-state index in [2.05, 4.69) is 10.2 Å². The van der Waals surface area contributed by atoms with Crippen LogP contribution in [0.1, 0.15) is 18.2 Å². The summed E-state index contributed by atoms with van der Waals surface area (Å²) in [7, 11) is 0. The van der Waals surface area contributed by atoms with Crippen molar-refractivity contribution in [3.8, 4) is 0 Å². The van der Waals surface area contributed by atoms with Gasteiger partial charge in [-0.2, -0.15) is 5.10 Å². The molecule has 5 N–H and O–H groups in total. The molecule has 1 aromatic heterocycles. The molecule has 0 saturated heterocycles. The molecule has 0 aliphatic carbocycles. The Labute approximate surface area is 108 Å². The Hall–Kier alpha value is -2.03. The number of aromatic nitrogens is 2. The van der Waals surface area contributed by atoms with Gasteiger partial charge in [-0.05, 0) is 19.0 Å². The minimum absolute atomic E-state index is 0.0810. The Balaban J connectivity index is 2.38. The number of nitro benzene ring substituents is 1. The minimum Gasteiger partial charge on any atom is -0.390 e. The first-order valence-corrected chi connectivity index (χ1v) is 5.73. The van der Waals surface area contributed by atoms with Crippen molar-refractivity contribution >= 4 is 16.6 Å². The van der Waals surface area contributed by atoms with Crippen molar-refractivity contribution < 1.29 is 15.1 Å². The molecule has 2 rings (SSSR count). The van der Waals surface area contributed by atoms with E-state index in [-0.39, 0.29) is 18.7 Å². The number of nitro groups is 1. The average molecular weight is 266 g/mol. The molecule has 0 amide bonds. The number of nitrogens with one attached hydrogen (secondary N) is 1. The van der Waals surface area contributed by atoms with E-state index in [1.165, 1.54) is 18.2 Å². The average Bonchev–Trinajstić information content (AvgIpc) is 2.80. The topological polar surface area (TPSA) is 138 Å². The van der Waals surface area contributed by atoms with Crippen molar-refractivity contribution in [1.29, 1.82) is 0 Å². The zero-order valence-corrected chi connectivity index (χ0v) is 9.98. The predicted octanol–water partition coefficient (Wildman–Crippen LogP) is 0.214. The third kappa shape index (κ3) is 2.55. The maximum Gasteiger partial charge on any atom is 0.271 e. The van der Waals surface area contributed by atoms with E-state index in [1.807, 2.05) is 0 Å². The summed E-state index contributed by atoms with van der Waals surface area (Å²) in [6.45, 7) is 0.246. The zero-order chi connectivity index (χ0) is 14.0. The van der Waals surface area contributed by atoms with Crippen molar-refractivity contribution in [3.63, 3.8) is 0 Å². The number of hydrogen-bond donors (Lipinski definition) is 4. The van der Waals surface area contributed by atoms with E-state index in [9.17, 15) is 20.3 Å². The minimum atomic E-state index is -1.16. The first kappa shape index (κ1) is 13.4. The fourth-order valence-corrected chi connectivity index (χ4v) is 1.88. The van der Waals surface area contributed by atoms with E-state index in [0.29, 0.717) is 16.6 Å². The van der Waals surface area contributed by atoms with Crippen LogP contribution in [0.5, 0.6) is 0 Å². The van der Waals surface area contributed by atoms with Gasteiger partial charge in [-0.3, -0.25) is 15.2 Å². The van der Waals surface area contributed by atoms with Crippen LogP contribution in [0.3, 0.4) is 0 Å². The third-order valence-corrected chi connectivity index (χ3v) is 2.90. The Morgan fingerprint density at radius 1 is 1.47 bits per heavy atom. The van der Waals surface area contributed by atoms with Gasteiger partial charge in [0.05, 0.1) is 22.2 Å². The Morgan fingerprint density at radius 3 is 2.84 bits per heavy atom. The van der Waals surface area contributed by atoms with Crippen LogP contribution < -0.4 is 5.73 Å². The summed E-state index contributed by atoms with van der Waals surface area (Å²) in [6, 6.07) is 4.12. The van der Waals surface area contributed by atoms with Crippen molar-refractivity contribution in [3.05, 3.63) is 34.0 Å². The van der Waals surface area contributed by atoms with Crippen LogP contribution >= 0.6 is 0 Å². The first-order chi connectivity index (χ1) is 9.04. The lowest BCUT2D eigenvalue weighted by Gasteiger charge is -2.15. The molecule has 8 nitrogen and oxygen atoms in total. The summed E-state index contributed by atoms with van der Waals surface area (Å²) < 4.78 is 0. The van der Waals surface area contributed by atoms with Gasteiger partial charge in [-0.15, -0.1) is 0 Å². The number of non-ortho nitro benzene ring substituents is 1. The van der Waals surface area contributed by atoms with Crippen LogP contribution in [0.15, 0.2) is 18.2 Å². The highest BCUT2D eigenvalue weighted by atomic mass is 16.6. The number of aromatic amines is 1. The molecule has 19 heavy (non-hydrogen) atoms. The van der Waals surface area contributed by atoms with E-state index in [1.54, 1.807) is 0 Å². The number of nitrogens with two attached hydrogens (primary N) is 1. The number of aliphatic hydroxyl groups excluding tert-OH is 2. The van der Waals surface area contributed by atoms with Crippen molar-refractivity contribution in [2.24, 2.45) is 5.73 Å². The van der Waals surface area contributed by atoms with Crippen LogP contribution in [-0.4, -0.2) is 38.0 Å². The van der Waals surface area contributed by atoms with E-state index < -0.39 is 17.1 Å². The molecule has 0 spiro atoms. The van der Waals surface area contributed by atoms with Crippen molar-refractivity contribution in [2.75, 3.05) is 6.54 Å². The van der Waals surface area contributed by atoms with Crippen LogP contribution in [0.4, 0.5) is 5.69 Å². The molecule has 1 heterocycles. The highest BCUT2D eigenvalue weighted by molar-refractivity contribution is 5.83. The van der Waals surface area contributed by atoms with E-state index in [0.717, 1.165) is 0 Å². The van der Waals surface area contributed by atoms with Gasteiger partial charge in [0.1, 0.15) is 6.10 Å². The quantitative estimate of drug-likeness (QED) is 0.451. The largest absolute Gasteiger partial charge is 0.390 e. The molecule has 0 fully saturated rings. The normalized spacial score (nSPS) is 14.5. The van der Waals surface area contributed by atoms with Crippen LogP contribution in [-0.2, 0) is 0 Å². The molecular formula is C11H14N4O4. The zero-order valence-electron chi connectivity index (χ0n) is 9.98. The van der Waals surface area contributed by atoms with Gasteiger partial charge in [-0.1, -0.05) is 0 Å². The molecule has 0 bridgehead atoms. The Kier molecular flexibility index (Phi) is 3.74. The summed E-state index contributed by atoms with van der Waals surface area (Å²) >= 11 is 0. The van der Waals surface area contributed by atoms with Gasteiger partial charge in [0.2, 0.25) is 0 Å². The molecule has 0 aliphatic heterocycles. The molecule has 2 aromatic rings. The number of H-pyrrole nitrogens is 1. The van der Waals surface area contributed by atoms with Crippen molar-refractivity contribution in [1.82, 2.24) is 10.2 Å². The maximum absolute atomic E-state index is 10.6. The lowest BCUT2D eigenvalue weighted by atomic mass is 10.0. The second-order valence-corrected chi connectivity index (χ2v) is 4.19. The molecule has 1 aromatic carbocycles. The van der Waals surface area contributed by atoms with Crippen molar-refractivity contribution in [2.45, 2.75) is 18.6 Å². The number of rotatable bonds is 5. The van der Waals surface area contributed by atoms with Gasteiger partial charge in [0.25, 0.3) is 5.69 Å². The van der Waals surface area contributed by atoms with E-state index >= 15 is 0 Å². The highest BCUT2D eigenvalue weighted by Crippen LogP contribution is 2.27. The van der Waals surface area contributed by atoms with Crippen LogP contribution in [0, 0.1) is 10.1 Å². The van der Waals surface area contributed by atoms with Crippen LogP contribution in [0.2, 0.25) is 0 Å². The molecule has 0 radical (unpaired) electrons. The molecule has 8 heteroatoms. The Bertz CT molecular complexity index is 597. The summed E-state index contributed by atoms with van der Waals surface area (Å²) in [5, 5.41) is 37.3. The smallest absolute Gasteiger partial charge is 0.271 e. The number of fused-ring (bicyclic) bond motifs is 1. The fourth-order valence-electron chi connectivity index (χ4n) is 1.88. The highest BCUT2D eigenvalue weighted by Gasteiger charge is 2.22. The fraction of sp³-hybridized carbons (Fsp3) is 0.364. The lowest BCUT2D eigenvalue weighted by molar-refractivity contribution is -0.384. The van der Waals surface area contributed by atoms with Gasteiger partial charge >= 0.3 is 0 Å². The molecular weight excluding hydrogens is 252 g/mol. The number of aliphatic hydroxyl groups is 2. The summed E-state index contributed by atoms with van der Waals surface area (Å²) in [5.74, 6) is 0. The summed E-state index contributed by atoms with van der Waals surface area (Å²) in [6.07, 6.45) is -1.92. The SMILES string of the molecule is NCCC(O)C(O)c1[nH]nc2cc([N+](=O)[O-])ccc12. The van der Waals surface area contributed by atoms with Gasteiger partial charge in [0.15, 0.2) is 0 Å². The van der Waals surface area contributed by atoms with Crippen LogP contribution in [0.25, 0.3) is 10.9 Å². The first-order valence-electron chi connectivity index (χ1n) is 5.73. The molecule has 2 unspecified atom stereocenters. The maximum atomic E-state index is 10.6. The van der Waals surface area contributed by atoms with Gasteiger partial charge in [0, 0.05) is 17.5 Å². The summed E-state index contributed by atoms with van der Waals surface area (Å²) in [5.41, 5.74) is 5.92. The summed E-state index contributed by atoms with van der Waals surface area (Å²) in [4.78, 5) is 10.1.